The molecule has 4 aromatic carbocycles. The zero-order valence-electron chi connectivity index (χ0n) is 19.1. The van der Waals surface area contributed by atoms with E-state index in [9.17, 15) is 13.9 Å². The Labute approximate surface area is 205 Å². The van der Waals surface area contributed by atoms with Crippen molar-refractivity contribution in [3.63, 3.8) is 0 Å². The van der Waals surface area contributed by atoms with Gasteiger partial charge in [0.1, 0.15) is 20.6 Å². The quantitative estimate of drug-likeness (QED) is 0.125. The summed E-state index contributed by atoms with van der Waals surface area (Å²) in [5.74, 6) is 0. The maximum Gasteiger partial charge on any atom is 0.150 e. The monoisotopic (exact) mass is 503 g/mol. The third-order valence-corrected chi connectivity index (χ3v) is 11.3. The van der Waals surface area contributed by atoms with Crippen molar-refractivity contribution < 1.29 is 19.1 Å². The van der Waals surface area contributed by atoms with Gasteiger partial charge in [-0.25, -0.2) is 0 Å². The van der Waals surface area contributed by atoms with Crippen molar-refractivity contribution in [1.29, 1.82) is 0 Å². The van der Waals surface area contributed by atoms with Crippen molar-refractivity contribution in [2.45, 2.75) is 0 Å². The summed E-state index contributed by atoms with van der Waals surface area (Å²) in [6.45, 7) is 0. The number of hydrogen-bond acceptors (Lipinski definition) is 5. The molecule has 4 aromatic rings. The van der Waals surface area contributed by atoms with Gasteiger partial charge in [-0.2, -0.15) is 0 Å². The van der Waals surface area contributed by atoms with Crippen molar-refractivity contribution in [2.24, 2.45) is 5.16 Å². The van der Waals surface area contributed by atoms with Crippen molar-refractivity contribution in [1.82, 2.24) is 0 Å². The highest BCUT2D eigenvalue weighted by atomic mass is 31.2. The fourth-order valence-electron chi connectivity index (χ4n) is 3.65. The number of carbonyl (C=O) groups is 1. The molecule has 4 rings (SSSR count). The van der Waals surface area contributed by atoms with Gasteiger partial charge in [-0.3, -0.25) is 0 Å². The van der Waals surface area contributed by atoms with E-state index in [2.05, 4.69) is 5.16 Å². The van der Waals surface area contributed by atoms with Crippen molar-refractivity contribution in [3.8, 4) is 0 Å². The van der Waals surface area contributed by atoms with Gasteiger partial charge in [-0.15, -0.1) is 5.16 Å². The van der Waals surface area contributed by atoms with Gasteiger partial charge in [0.05, 0.1) is 12.4 Å². The van der Waals surface area contributed by atoms with Gasteiger partial charge in [-0.1, -0.05) is 121 Å². The Hall–Kier alpha value is -3.52. The topological polar surface area (TPSA) is 83.8 Å². The molecule has 0 atom stereocenters. The molecule has 178 valence electrons. The van der Waals surface area contributed by atoms with Crippen LogP contribution in [0.25, 0.3) is 0 Å². The Balaban J connectivity index is 0.000000196. The second kappa shape index (κ2) is 12.8. The maximum atomic E-state index is 13.2. The molecule has 0 bridgehead atoms. The Morgan fingerprint density at radius 2 is 0.829 bits per heavy atom. The van der Waals surface area contributed by atoms with Crippen molar-refractivity contribution >= 4 is 48.0 Å². The molecule has 0 spiro atoms. The summed E-state index contributed by atoms with van der Waals surface area (Å²) in [4.78, 5) is 10.8. The predicted octanol–water partition coefficient (Wildman–Crippen LogP) is 4.66. The van der Waals surface area contributed by atoms with Crippen LogP contribution in [0.5, 0.6) is 0 Å². The normalized spacial score (nSPS) is 11.4. The number of oxime groups is 1. The molecule has 0 heterocycles. The van der Waals surface area contributed by atoms with Gasteiger partial charge < -0.3 is 19.1 Å². The van der Waals surface area contributed by atoms with Crippen LogP contribution in [-0.2, 0) is 13.9 Å². The summed E-state index contributed by atoms with van der Waals surface area (Å²) in [6.07, 6.45) is 2.31. The number of aldehydes is 1. The van der Waals surface area contributed by atoms with Crippen molar-refractivity contribution in [3.05, 3.63) is 121 Å². The summed E-state index contributed by atoms with van der Waals surface area (Å²) in [6, 6.07) is 37.0. The molecule has 0 aromatic heterocycles. The van der Waals surface area contributed by atoms with Gasteiger partial charge in [0.15, 0.2) is 0 Å². The van der Waals surface area contributed by atoms with Crippen LogP contribution in [0.1, 0.15) is 0 Å². The lowest BCUT2D eigenvalue weighted by Crippen LogP contribution is -2.18. The highest BCUT2D eigenvalue weighted by molar-refractivity contribution is 7.79. The number of carbonyl (C=O) groups excluding carboxylic acids is 1. The second-order valence-corrected chi connectivity index (χ2v) is 13.4. The van der Waals surface area contributed by atoms with E-state index in [4.69, 9.17) is 5.21 Å². The van der Waals surface area contributed by atoms with Crippen LogP contribution < -0.4 is 21.2 Å². The van der Waals surface area contributed by atoms with Crippen LogP contribution in [0.2, 0.25) is 0 Å². The fraction of sp³-hybridized carbons (Fsp3) is 0.0714. The molecule has 0 fully saturated rings. The molecular weight excluding hydrogens is 476 g/mol. The van der Waals surface area contributed by atoms with E-state index >= 15 is 0 Å². The molecule has 0 radical (unpaired) electrons. The first-order chi connectivity index (χ1) is 17.0. The number of nitrogens with zero attached hydrogens (tertiary/aromatic N) is 1. The lowest BCUT2D eigenvalue weighted by atomic mass is 10.4. The van der Waals surface area contributed by atoms with Crippen LogP contribution in [0, 0.1) is 0 Å². The molecule has 0 amide bonds. The first-order valence-corrected chi connectivity index (χ1v) is 14.8. The summed E-state index contributed by atoms with van der Waals surface area (Å²) in [5.41, 5.74) is 0. The van der Waals surface area contributed by atoms with Gasteiger partial charge in [0, 0.05) is 27.4 Å². The molecule has 1 N–H and O–H groups in total. The molecule has 0 unspecified atom stereocenters. The van der Waals surface area contributed by atoms with E-state index in [-0.39, 0.29) is 12.3 Å². The largest absolute Gasteiger partial charge is 0.411 e. The van der Waals surface area contributed by atoms with Crippen molar-refractivity contribution in [2.75, 3.05) is 12.3 Å². The second-order valence-electron chi connectivity index (χ2n) is 7.65. The van der Waals surface area contributed by atoms with E-state index < -0.39 is 14.3 Å². The Morgan fingerprint density at radius 1 is 0.543 bits per heavy atom. The maximum absolute atomic E-state index is 13.2. The van der Waals surface area contributed by atoms with Gasteiger partial charge in [0.2, 0.25) is 0 Å². The molecule has 7 heteroatoms. The van der Waals surface area contributed by atoms with Crippen LogP contribution in [0.3, 0.4) is 0 Å². The average Bonchev–Trinajstić information content (AvgIpc) is 2.94. The fourth-order valence-corrected chi connectivity index (χ4v) is 8.22. The van der Waals surface area contributed by atoms with Crippen LogP contribution in [0.15, 0.2) is 126 Å². The van der Waals surface area contributed by atoms with Crippen LogP contribution in [0.4, 0.5) is 0 Å². The minimum absolute atomic E-state index is 0.0566. The Kier molecular flexibility index (Phi) is 9.55. The van der Waals surface area contributed by atoms with E-state index in [1.54, 1.807) is 0 Å². The summed E-state index contributed by atoms with van der Waals surface area (Å²) < 4.78 is 26.2. The van der Waals surface area contributed by atoms with Crippen LogP contribution >= 0.6 is 14.3 Å². The van der Waals surface area contributed by atoms with E-state index in [0.717, 1.165) is 27.5 Å². The first kappa shape index (κ1) is 26.1. The van der Waals surface area contributed by atoms with Gasteiger partial charge >= 0.3 is 0 Å². The van der Waals surface area contributed by atoms with E-state index in [1.165, 1.54) is 6.21 Å². The smallest absolute Gasteiger partial charge is 0.150 e. The minimum atomic E-state index is -2.79. The molecule has 5 nitrogen and oxygen atoms in total. The highest BCUT2D eigenvalue weighted by Crippen LogP contribution is 2.42. The zero-order valence-corrected chi connectivity index (χ0v) is 20.9. The van der Waals surface area contributed by atoms with E-state index in [0.29, 0.717) is 0 Å². The Bertz CT molecular complexity index is 1230. The first-order valence-electron chi connectivity index (χ1n) is 11.0. The molecule has 0 saturated heterocycles. The number of rotatable bonds is 8. The van der Waals surface area contributed by atoms with Crippen LogP contribution in [-0.4, -0.2) is 30.0 Å². The van der Waals surface area contributed by atoms with Gasteiger partial charge in [0.25, 0.3) is 0 Å². The lowest BCUT2D eigenvalue weighted by Gasteiger charge is -2.16. The standard InChI is InChI=1S/C14H14NO2P.C14H13O2P/c16-15-11-12-18(17,13-7-3-1-4-8-13)14-9-5-2-6-10-14;15-11-12-17(16,13-7-3-1-4-8-13)14-9-5-2-6-10-14/h1-11,16H,12H2;1-11H,12H2/b15-11-;. The van der Waals surface area contributed by atoms with Gasteiger partial charge in [-0.05, 0) is 0 Å². The zero-order chi connectivity index (χ0) is 25.0. The SMILES string of the molecule is O=CCP(=O)(c1ccccc1)c1ccccc1.O=P(C/C=N\O)(c1ccccc1)c1ccccc1. The molecule has 0 aliphatic heterocycles. The highest BCUT2D eigenvalue weighted by Gasteiger charge is 2.26. The predicted molar refractivity (Wildman–Crippen MR) is 146 cm³/mol. The molecule has 0 aliphatic rings. The molecule has 0 saturated carbocycles. The minimum Gasteiger partial charge on any atom is -0.411 e. The summed E-state index contributed by atoms with van der Waals surface area (Å²) in [7, 11) is -5.54. The summed E-state index contributed by atoms with van der Waals surface area (Å²) >= 11 is 0. The number of benzene rings is 4. The molecule has 0 aliphatic carbocycles. The third-order valence-electron chi connectivity index (χ3n) is 5.45. The summed E-state index contributed by atoms with van der Waals surface area (Å²) in [5, 5.41) is 14.6. The molecular formula is C28H27NO4P2. The average molecular weight is 503 g/mol. The Morgan fingerprint density at radius 3 is 1.09 bits per heavy atom. The van der Waals surface area contributed by atoms with E-state index in [1.807, 2.05) is 121 Å². The molecule has 35 heavy (non-hydrogen) atoms. The number of hydrogen-bond donors (Lipinski definition) is 1. The lowest BCUT2D eigenvalue weighted by molar-refractivity contribution is -0.105. The third kappa shape index (κ3) is 6.54.